The second kappa shape index (κ2) is 8.89. The number of halogens is 1. The summed E-state index contributed by atoms with van der Waals surface area (Å²) in [7, 11) is 0. The van der Waals surface area contributed by atoms with Crippen LogP contribution < -0.4 is 10.6 Å². The van der Waals surface area contributed by atoms with E-state index in [1.54, 1.807) is 12.1 Å². The number of amides is 2. The molecule has 5 nitrogen and oxygen atoms in total. The lowest BCUT2D eigenvalue weighted by molar-refractivity contribution is -0.120. The van der Waals surface area contributed by atoms with Gasteiger partial charge in [0.2, 0.25) is 5.91 Å². The van der Waals surface area contributed by atoms with Crippen molar-refractivity contribution in [2.75, 3.05) is 32.7 Å². The highest BCUT2D eigenvalue weighted by Crippen LogP contribution is 2.17. The molecule has 0 bridgehead atoms. The third-order valence-electron chi connectivity index (χ3n) is 3.98. The van der Waals surface area contributed by atoms with E-state index in [4.69, 9.17) is 11.6 Å². The highest BCUT2D eigenvalue weighted by Gasteiger charge is 2.12. The average Bonchev–Trinajstić information content (AvgIpc) is 2.53. The fourth-order valence-electron chi connectivity index (χ4n) is 2.66. The van der Waals surface area contributed by atoms with Gasteiger partial charge in [0.1, 0.15) is 0 Å². The number of likely N-dealkylation sites (tertiary alicyclic amines) is 1. The summed E-state index contributed by atoms with van der Waals surface area (Å²) in [6.45, 7) is 5.56. The highest BCUT2D eigenvalue weighted by atomic mass is 35.5. The first-order valence-corrected chi connectivity index (χ1v) is 8.47. The molecule has 0 radical (unpaired) electrons. The minimum absolute atomic E-state index is 0.0387. The summed E-state index contributed by atoms with van der Waals surface area (Å²) in [4.78, 5) is 26.2. The Morgan fingerprint density at radius 1 is 1.17 bits per heavy atom. The largest absolute Gasteiger partial charge is 0.353 e. The lowest BCUT2D eigenvalue weighted by atomic mass is 10.1. The van der Waals surface area contributed by atoms with Crippen LogP contribution in [-0.4, -0.2) is 49.4 Å². The van der Waals surface area contributed by atoms with Gasteiger partial charge in [-0.1, -0.05) is 24.1 Å². The molecule has 23 heavy (non-hydrogen) atoms. The topological polar surface area (TPSA) is 61.4 Å². The van der Waals surface area contributed by atoms with Crippen LogP contribution in [0.3, 0.4) is 0 Å². The van der Waals surface area contributed by atoms with E-state index >= 15 is 0 Å². The minimum Gasteiger partial charge on any atom is -0.353 e. The van der Waals surface area contributed by atoms with E-state index in [0.717, 1.165) is 25.2 Å². The molecular weight excluding hydrogens is 314 g/mol. The molecule has 2 amide bonds. The Hall–Kier alpha value is -1.59. The molecule has 0 unspecified atom stereocenters. The monoisotopic (exact) mass is 337 g/mol. The SMILES string of the molecule is Cc1ccc(C(=O)NCC(=O)NCCN2CCCCC2)c(Cl)c1. The average molecular weight is 338 g/mol. The van der Waals surface area contributed by atoms with E-state index in [1.807, 2.05) is 13.0 Å². The molecule has 2 N–H and O–H groups in total. The van der Waals surface area contributed by atoms with Crippen molar-refractivity contribution in [1.82, 2.24) is 15.5 Å². The van der Waals surface area contributed by atoms with Crippen molar-refractivity contribution in [3.05, 3.63) is 34.3 Å². The van der Waals surface area contributed by atoms with Gasteiger partial charge >= 0.3 is 0 Å². The Kier molecular flexibility index (Phi) is 6.86. The molecule has 0 atom stereocenters. The van der Waals surface area contributed by atoms with Gasteiger partial charge < -0.3 is 15.5 Å². The first-order valence-electron chi connectivity index (χ1n) is 8.09. The summed E-state index contributed by atoms with van der Waals surface area (Å²) >= 11 is 6.04. The standard InChI is InChI=1S/C17H24ClN3O2/c1-13-5-6-14(15(18)11-13)17(23)20-12-16(22)19-7-10-21-8-3-2-4-9-21/h5-6,11H,2-4,7-10,12H2,1H3,(H,19,22)(H,20,23). The van der Waals surface area contributed by atoms with Crippen LogP contribution in [0.25, 0.3) is 0 Å². The molecule has 0 spiro atoms. The van der Waals surface area contributed by atoms with Gasteiger partial charge in [-0.15, -0.1) is 0 Å². The maximum Gasteiger partial charge on any atom is 0.253 e. The third-order valence-corrected chi connectivity index (χ3v) is 4.29. The Labute approximate surface area is 142 Å². The summed E-state index contributed by atoms with van der Waals surface area (Å²) in [6, 6.07) is 5.22. The van der Waals surface area contributed by atoms with E-state index in [2.05, 4.69) is 15.5 Å². The maximum atomic E-state index is 12.0. The first kappa shape index (κ1) is 17.8. The molecule has 1 saturated heterocycles. The van der Waals surface area contributed by atoms with Crippen LogP contribution in [0.1, 0.15) is 35.2 Å². The number of carbonyl (C=O) groups excluding carboxylic acids is 2. The summed E-state index contributed by atoms with van der Waals surface area (Å²) in [5.41, 5.74) is 1.38. The van der Waals surface area contributed by atoms with Gasteiger partial charge in [0.05, 0.1) is 17.1 Å². The predicted octanol–water partition coefficient (Wildman–Crippen LogP) is 1.98. The van der Waals surface area contributed by atoms with Crippen molar-refractivity contribution < 1.29 is 9.59 Å². The van der Waals surface area contributed by atoms with E-state index < -0.39 is 0 Å². The fourth-order valence-corrected chi connectivity index (χ4v) is 2.98. The number of hydrogen-bond donors (Lipinski definition) is 2. The van der Waals surface area contributed by atoms with Crippen LogP contribution >= 0.6 is 11.6 Å². The van der Waals surface area contributed by atoms with Gasteiger partial charge in [-0.2, -0.15) is 0 Å². The molecule has 1 aliphatic heterocycles. The van der Waals surface area contributed by atoms with Crippen molar-refractivity contribution in [2.24, 2.45) is 0 Å². The van der Waals surface area contributed by atoms with Crippen LogP contribution in [0, 0.1) is 6.92 Å². The Balaban J connectivity index is 1.68. The van der Waals surface area contributed by atoms with E-state index in [0.29, 0.717) is 17.1 Å². The van der Waals surface area contributed by atoms with Gasteiger partial charge in [-0.3, -0.25) is 9.59 Å². The van der Waals surface area contributed by atoms with Gasteiger partial charge in [-0.25, -0.2) is 0 Å². The molecule has 1 fully saturated rings. The molecule has 1 aliphatic rings. The second-order valence-corrected chi connectivity index (χ2v) is 6.33. The van der Waals surface area contributed by atoms with Gasteiger partial charge in [-0.05, 0) is 50.6 Å². The Morgan fingerprint density at radius 3 is 2.61 bits per heavy atom. The number of nitrogens with one attached hydrogen (secondary N) is 2. The molecule has 1 aromatic rings. The number of rotatable bonds is 6. The van der Waals surface area contributed by atoms with Gasteiger partial charge in [0.15, 0.2) is 0 Å². The van der Waals surface area contributed by atoms with Crippen molar-refractivity contribution in [3.8, 4) is 0 Å². The molecule has 126 valence electrons. The van der Waals surface area contributed by atoms with Crippen molar-refractivity contribution in [1.29, 1.82) is 0 Å². The molecule has 1 heterocycles. The van der Waals surface area contributed by atoms with Crippen LogP contribution in [0.5, 0.6) is 0 Å². The van der Waals surface area contributed by atoms with Crippen molar-refractivity contribution in [2.45, 2.75) is 26.2 Å². The molecule has 0 aromatic heterocycles. The predicted molar refractivity (Wildman–Crippen MR) is 91.8 cm³/mol. The zero-order chi connectivity index (χ0) is 16.7. The van der Waals surface area contributed by atoms with Crippen LogP contribution in [-0.2, 0) is 4.79 Å². The number of benzene rings is 1. The Bertz CT molecular complexity index is 557. The van der Waals surface area contributed by atoms with Crippen molar-refractivity contribution >= 4 is 23.4 Å². The summed E-state index contributed by atoms with van der Waals surface area (Å²) < 4.78 is 0. The summed E-state index contributed by atoms with van der Waals surface area (Å²) in [6.07, 6.45) is 3.78. The quantitative estimate of drug-likeness (QED) is 0.834. The lowest BCUT2D eigenvalue weighted by Gasteiger charge is -2.26. The third kappa shape index (κ3) is 5.84. The molecular formula is C17H24ClN3O2. The molecule has 0 aliphatic carbocycles. The number of carbonyl (C=O) groups is 2. The van der Waals surface area contributed by atoms with Crippen LogP contribution in [0.15, 0.2) is 18.2 Å². The zero-order valence-corrected chi connectivity index (χ0v) is 14.3. The summed E-state index contributed by atoms with van der Waals surface area (Å²) in [5, 5.41) is 5.83. The van der Waals surface area contributed by atoms with E-state index in [-0.39, 0.29) is 18.4 Å². The van der Waals surface area contributed by atoms with Crippen LogP contribution in [0.4, 0.5) is 0 Å². The lowest BCUT2D eigenvalue weighted by Crippen LogP contribution is -2.41. The van der Waals surface area contributed by atoms with Crippen LogP contribution in [0.2, 0.25) is 5.02 Å². The van der Waals surface area contributed by atoms with E-state index in [9.17, 15) is 9.59 Å². The molecule has 1 aromatic carbocycles. The minimum atomic E-state index is -0.332. The fraction of sp³-hybridized carbons (Fsp3) is 0.529. The molecule has 0 saturated carbocycles. The van der Waals surface area contributed by atoms with Gasteiger partial charge in [0.25, 0.3) is 5.91 Å². The number of piperidine rings is 1. The molecule has 6 heteroatoms. The Morgan fingerprint density at radius 2 is 1.91 bits per heavy atom. The number of aryl methyl sites for hydroxylation is 1. The number of nitrogens with zero attached hydrogens (tertiary/aromatic N) is 1. The second-order valence-electron chi connectivity index (χ2n) is 5.92. The van der Waals surface area contributed by atoms with Crippen molar-refractivity contribution in [3.63, 3.8) is 0 Å². The maximum absolute atomic E-state index is 12.0. The molecule has 2 rings (SSSR count). The summed E-state index contributed by atoms with van der Waals surface area (Å²) in [5.74, 6) is -0.514. The normalized spacial score (nSPS) is 15.2. The van der Waals surface area contributed by atoms with E-state index in [1.165, 1.54) is 19.3 Å². The highest BCUT2D eigenvalue weighted by molar-refractivity contribution is 6.33. The zero-order valence-electron chi connectivity index (χ0n) is 13.5. The van der Waals surface area contributed by atoms with Gasteiger partial charge in [0, 0.05) is 13.1 Å². The first-order chi connectivity index (χ1) is 11.1. The smallest absolute Gasteiger partial charge is 0.253 e. The number of hydrogen-bond acceptors (Lipinski definition) is 3.